The van der Waals surface area contributed by atoms with Gasteiger partial charge in [-0.3, -0.25) is 9.59 Å². The molecule has 1 aliphatic carbocycles. The van der Waals surface area contributed by atoms with Crippen molar-refractivity contribution in [3.05, 3.63) is 53.6 Å². The van der Waals surface area contributed by atoms with Gasteiger partial charge in [-0.15, -0.1) is 0 Å². The molecule has 5 rings (SSSR count). The minimum absolute atomic E-state index is 0.0177. The second kappa shape index (κ2) is 7.87. The second-order valence-corrected chi connectivity index (χ2v) is 10.5. The van der Waals surface area contributed by atoms with Crippen LogP contribution in [0.2, 0.25) is 0 Å². The van der Waals surface area contributed by atoms with E-state index < -0.39 is 11.1 Å². The molecule has 0 atom stereocenters. The van der Waals surface area contributed by atoms with Crippen molar-refractivity contribution in [2.24, 2.45) is 0 Å². The van der Waals surface area contributed by atoms with Gasteiger partial charge in [0, 0.05) is 44.5 Å². The lowest BCUT2D eigenvalue weighted by Crippen LogP contribution is -2.63. The van der Waals surface area contributed by atoms with Crippen LogP contribution in [0.25, 0.3) is 11.1 Å². The third-order valence-electron chi connectivity index (χ3n) is 7.45. The quantitative estimate of drug-likeness (QED) is 0.784. The van der Waals surface area contributed by atoms with Gasteiger partial charge in [0.25, 0.3) is 11.8 Å². The Morgan fingerprint density at radius 1 is 0.939 bits per heavy atom. The molecule has 0 aromatic heterocycles. The van der Waals surface area contributed by atoms with Crippen molar-refractivity contribution in [3.63, 3.8) is 0 Å². The zero-order valence-corrected chi connectivity index (χ0v) is 19.8. The highest BCUT2D eigenvalue weighted by Gasteiger charge is 2.52. The maximum Gasteiger partial charge on any atom is 0.254 e. The van der Waals surface area contributed by atoms with Crippen LogP contribution in [0, 0.1) is 0 Å². The van der Waals surface area contributed by atoms with Crippen molar-refractivity contribution in [1.82, 2.24) is 9.80 Å². The van der Waals surface area contributed by atoms with Crippen molar-refractivity contribution in [2.75, 3.05) is 38.1 Å². The summed E-state index contributed by atoms with van der Waals surface area (Å²) < 4.78 is 0. The van der Waals surface area contributed by atoms with Crippen LogP contribution in [-0.4, -0.2) is 71.1 Å². The number of carbonyl (C=O) groups is 2. The molecule has 3 aliphatic rings. The van der Waals surface area contributed by atoms with E-state index in [0.29, 0.717) is 38.0 Å². The van der Waals surface area contributed by atoms with Crippen molar-refractivity contribution < 1.29 is 14.7 Å². The Balaban J connectivity index is 1.30. The van der Waals surface area contributed by atoms with E-state index in [1.54, 1.807) is 4.90 Å². The summed E-state index contributed by atoms with van der Waals surface area (Å²) in [6.45, 7) is 6.43. The van der Waals surface area contributed by atoms with Crippen LogP contribution >= 0.6 is 0 Å². The van der Waals surface area contributed by atoms with Gasteiger partial charge in [-0.25, -0.2) is 0 Å². The van der Waals surface area contributed by atoms with E-state index >= 15 is 0 Å². The molecule has 33 heavy (non-hydrogen) atoms. The molecule has 6 heteroatoms. The fourth-order valence-electron chi connectivity index (χ4n) is 5.26. The summed E-state index contributed by atoms with van der Waals surface area (Å²) in [6.07, 6.45) is 3.36. The highest BCUT2D eigenvalue weighted by molar-refractivity contribution is 5.95. The topological polar surface area (TPSA) is 64.1 Å². The highest BCUT2D eigenvalue weighted by atomic mass is 16.3. The minimum atomic E-state index is -1.16. The molecule has 2 aliphatic heterocycles. The maximum atomic E-state index is 13.3. The number of piperazine rings is 1. The lowest BCUT2D eigenvalue weighted by atomic mass is 9.95. The zero-order chi connectivity index (χ0) is 23.4. The molecular weight excluding hydrogens is 414 g/mol. The van der Waals surface area contributed by atoms with Gasteiger partial charge >= 0.3 is 0 Å². The van der Waals surface area contributed by atoms with E-state index in [4.69, 9.17) is 0 Å². The molecule has 6 nitrogen and oxygen atoms in total. The lowest BCUT2D eigenvalue weighted by molar-refractivity contribution is -0.146. The van der Waals surface area contributed by atoms with Crippen LogP contribution in [0.4, 0.5) is 5.69 Å². The summed E-state index contributed by atoms with van der Waals surface area (Å²) in [5.41, 5.74) is 3.97. The zero-order valence-electron chi connectivity index (χ0n) is 19.8. The van der Waals surface area contributed by atoms with Gasteiger partial charge in [0.05, 0.1) is 5.54 Å². The Hall–Kier alpha value is -2.86. The molecule has 1 saturated carbocycles. The smallest absolute Gasteiger partial charge is 0.254 e. The van der Waals surface area contributed by atoms with E-state index in [-0.39, 0.29) is 11.8 Å². The summed E-state index contributed by atoms with van der Waals surface area (Å²) >= 11 is 0. The number of anilines is 1. The third kappa shape index (κ3) is 4.01. The molecule has 1 saturated heterocycles. The highest BCUT2D eigenvalue weighted by Crippen LogP contribution is 2.38. The first-order valence-corrected chi connectivity index (χ1v) is 12.0. The number of amides is 2. The van der Waals surface area contributed by atoms with Gasteiger partial charge in [0.1, 0.15) is 5.60 Å². The van der Waals surface area contributed by atoms with Crippen LogP contribution in [0.15, 0.2) is 42.5 Å². The summed E-state index contributed by atoms with van der Waals surface area (Å²) in [7, 11) is 2.14. The first-order valence-electron chi connectivity index (χ1n) is 12.0. The molecule has 0 spiro atoms. The van der Waals surface area contributed by atoms with Gasteiger partial charge in [0.15, 0.2) is 0 Å². The third-order valence-corrected chi connectivity index (χ3v) is 7.45. The van der Waals surface area contributed by atoms with E-state index in [0.717, 1.165) is 18.5 Å². The number of aryl methyl sites for hydroxylation is 1. The molecule has 2 fully saturated rings. The number of carbonyl (C=O) groups excluding carboxylic acids is 2. The van der Waals surface area contributed by atoms with Crippen LogP contribution in [0.3, 0.4) is 0 Å². The van der Waals surface area contributed by atoms with Gasteiger partial charge < -0.3 is 19.8 Å². The molecule has 2 heterocycles. The molecule has 2 amide bonds. The number of hydrogen-bond acceptors (Lipinski definition) is 4. The monoisotopic (exact) mass is 447 g/mol. The summed E-state index contributed by atoms with van der Waals surface area (Å²) in [5.74, 6) is -0.209. The Bertz CT molecular complexity index is 1090. The average Bonchev–Trinajstić information content (AvgIpc) is 3.56. The van der Waals surface area contributed by atoms with Crippen LogP contribution in [0.1, 0.15) is 49.0 Å². The lowest BCUT2D eigenvalue weighted by Gasteiger charge is -2.47. The molecule has 0 bridgehead atoms. The van der Waals surface area contributed by atoms with E-state index in [1.807, 2.05) is 43.0 Å². The van der Waals surface area contributed by atoms with Crippen LogP contribution in [-0.2, 0) is 11.2 Å². The predicted octanol–water partition coefficient (Wildman–Crippen LogP) is 3.32. The molecule has 2 aromatic carbocycles. The second-order valence-electron chi connectivity index (χ2n) is 10.5. The number of aliphatic hydroxyl groups is 1. The first kappa shape index (κ1) is 22.0. The SMILES string of the molecule is CN1CCCc2cc(-c3ccc(C(=O)N4CCN(C(=O)C5(O)CC5)CC4(C)C)cc3)ccc21. The minimum Gasteiger partial charge on any atom is -0.380 e. The maximum absolute atomic E-state index is 13.3. The Labute approximate surface area is 195 Å². The number of benzene rings is 2. The van der Waals surface area contributed by atoms with E-state index in [1.165, 1.54) is 23.2 Å². The standard InChI is InChI=1S/C27H33N3O3/c1-26(2)18-29(25(32)27(33)12-13-27)15-16-30(26)24(31)20-8-6-19(7-9-20)21-10-11-23-22(17-21)5-4-14-28(23)3/h6-11,17,33H,4-5,12-16,18H2,1-3H3. The van der Waals surface area contributed by atoms with Crippen LogP contribution < -0.4 is 4.90 Å². The summed E-state index contributed by atoms with van der Waals surface area (Å²) in [6, 6.07) is 14.5. The van der Waals surface area contributed by atoms with E-state index in [2.05, 4.69) is 30.1 Å². The van der Waals surface area contributed by atoms with Gasteiger partial charge in [-0.05, 0) is 80.5 Å². The molecule has 0 radical (unpaired) electrons. The largest absolute Gasteiger partial charge is 0.380 e. The van der Waals surface area contributed by atoms with Crippen molar-refractivity contribution in [3.8, 4) is 11.1 Å². The predicted molar refractivity (Wildman–Crippen MR) is 129 cm³/mol. The molecule has 1 N–H and O–H groups in total. The number of nitrogens with zero attached hydrogens (tertiary/aromatic N) is 3. The van der Waals surface area contributed by atoms with Crippen molar-refractivity contribution in [2.45, 2.75) is 50.7 Å². The van der Waals surface area contributed by atoms with Crippen LogP contribution in [0.5, 0.6) is 0 Å². The Kier molecular flexibility index (Phi) is 5.24. The molecular formula is C27H33N3O3. The molecule has 174 valence electrons. The number of fused-ring (bicyclic) bond motifs is 1. The number of rotatable bonds is 3. The fraction of sp³-hybridized carbons (Fsp3) is 0.481. The fourth-order valence-corrected chi connectivity index (χ4v) is 5.26. The summed E-state index contributed by atoms with van der Waals surface area (Å²) in [5, 5.41) is 10.2. The number of hydrogen-bond donors (Lipinski definition) is 1. The van der Waals surface area contributed by atoms with Gasteiger partial charge in [-0.1, -0.05) is 18.2 Å². The van der Waals surface area contributed by atoms with Crippen molar-refractivity contribution in [1.29, 1.82) is 0 Å². The van der Waals surface area contributed by atoms with Gasteiger partial charge in [-0.2, -0.15) is 0 Å². The molecule has 0 unspecified atom stereocenters. The molecule has 2 aromatic rings. The van der Waals surface area contributed by atoms with E-state index in [9.17, 15) is 14.7 Å². The summed E-state index contributed by atoms with van der Waals surface area (Å²) in [4.78, 5) is 31.8. The normalized spacial score (nSPS) is 20.9. The van der Waals surface area contributed by atoms with Crippen molar-refractivity contribution >= 4 is 17.5 Å². The Morgan fingerprint density at radius 2 is 1.64 bits per heavy atom. The Morgan fingerprint density at radius 3 is 2.30 bits per heavy atom. The van der Waals surface area contributed by atoms with Gasteiger partial charge in [0.2, 0.25) is 0 Å². The first-order chi connectivity index (χ1) is 15.7. The average molecular weight is 448 g/mol.